The lowest BCUT2D eigenvalue weighted by molar-refractivity contribution is 0.0697. The number of hydrogen-bond acceptors (Lipinski definition) is 4. The van der Waals surface area contributed by atoms with Crippen LogP contribution in [0.3, 0.4) is 0 Å². The maximum atomic E-state index is 10.9. The molecule has 28 heavy (non-hydrogen) atoms. The van der Waals surface area contributed by atoms with Crippen molar-refractivity contribution < 1.29 is 19.4 Å². The molecule has 0 aliphatic rings. The minimum absolute atomic E-state index is 0.246. The maximum absolute atomic E-state index is 10.9. The van der Waals surface area contributed by atoms with Gasteiger partial charge < -0.3 is 19.9 Å². The molecular weight excluding hydrogens is 378 g/mol. The summed E-state index contributed by atoms with van der Waals surface area (Å²) in [5.74, 6) is 0.109. The molecule has 2 N–H and O–H groups in total. The Morgan fingerprint density at radius 1 is 1.04 bits per heavy atom. The Hall–Kier alpha value is -3.18. The molecule has 0 aromatic heterocycles. The largest absolute Gasteiger partial charge is 0.493 e. The number of ether oxygens (including phenoxy) is 2. The van der Waals surface area contributed by atoms with E-state index in [9.17, 15) is 4.79 Å². The second-order valence-corrected chi connectivity index (χ2v) is 6.53. The molecule has 0 spiro atoms. The Labute approximate surface area is 168 Å². The van der Waals surface area contributed by atoms with Gasteiger partial charge in [0.15, 0.2) is 11.5 Å². The molecule has 0 radical (unpaired) electrons. The Morgan fingerprint density at radius 3 is 2.39 bits per heavy atom. The number of nitrogens with one attached hydrogen (secondary N) is 1. The highest BCUT2D eigenvalue weighted by Gasteiger charge is 2.12. The van der Waals surface area contributed by atoms with Crippen molar-refractivity contribution in [2.24, 2.45) is 0 Å². The van der Waals surface area contributed by atoms with Gasteiger partial charge in [-0.25, -0.2) is 4.79 Å². The number of halogens is 1. The molecule has 0 fully saturated rings. The lowest BCUT2D eigenvalue weighted by Crippen LogP contribution is -2.03. The van der Waals surface area contributed by atoms with Gasteiger partial charge in [-0.05, 0) is 47.5 Å². The van der Waals surface area contributed by atoms with E-state index in [4.69, 9.17) is 26.2 Å². The number of methoxy groups -OCH3 is 1. The topological polar surface area (TPSA) is 67.8 Å². The fraction of sp³-hybridized carbons (Fsp3) is 0.136. The van der Waals surface area contributed by atoms with Gasteiger partial charge in [0.25, 0.3) is 0 Å². The fourth-order valence-corrected chi connectivity index (χ4v) is 2.97. The van der Waals surface area contributed by atoms with Crippen molar-refractivity contribution in [1.29, 1.82) is 0 Å². The van der Waals surface area contributed by atoms with E-state index >= 15 is 0 Å². The minimum atomic E-state index is -0.950. The molecule has 3 aromatic carbocycles. The van der Waals surface area contributed by atoms with Gasteiger partial charge in [0, 0.05) is 12.2 Å². The summed E-state index contributed by atoms with van der Waals surface area (Å²) in [4.78, 5) is 10.9. The Balaban J connectivity index is 1.69. The summed E-state index contributed by atoms with van der Waals surface area (Å²) in [6.45, 7) is 0.895. The van der Waals surface area contributed by atoms with Crippen molar-refractivity contribution in [2.45, 2.75) is 13.2 Å². The standard InChI is InChI=1S/C22H20ClNO4/c1-27-20-12-16(13-24-18-9-7-17(8-10-18)22(25)26)11-19(23)21(20)28-14-15-5-3-2-4-6-15/h2-12,24H,13-14H2,1H3,(H,25,26). The predicted molar refractivity (Wildman–Crippen MR) is 110 cm³/mol. The summed E-state index contributed by atoms with van der Waals surface area (Å²) >= 11 is 6.42. The molecule has 0 unspecified atom stereocenters. The summed E-state index contributed by atoms with van der Waals surface area (Å²) in [7, 11) is 1.57. The highest BCUT2D eigenvalue weighted by atomic mass is 35.5. The quantitative estimate of drug-likeness (QED) is 0.544. The summed E-state index contributed by atoms with van der Waals surface area (Å²) < 4.78 is 11.3. The number of carbonyl (C=O) groups is 1. The first kappa shape index (κ1) is 19.6. The molecule has 0 saturated heterocycles. The molecule has 3 rings (SSSR count). The number of rotatable bonds is 8. The summed E-state index contributed by atoms with van der Waals surface area (Å²) in [5.41, 5.74) is 3.01. The van der Waals surface area contributed by atoms with Gasteiger partial charge >= 0.3 is 5.97 Å². The molecule has 3 aromatic rings. The zero-order valence-electron chi connectivity index (χ0n) is 15.3. The third-order valence-corrected chi connectivity index (χ3v) is 4.42. The molecule has 0 atom stereocenters. The van der Waals surface area contributed by atoms with Crippen molar-refractivity contribution in [3.8, 4) is 11.5 Å². The summed E-state index contributed by atoms with van der Waals surface area (Å²) in [6.07, 6.45) is 0. The molecule has 0 aliphatic carbocycles. The number of carboxylic acid groups (broad SMARTS) is 1. The average Bonchev–Trinajstić information content (AvgIpc) is 2.72. The van der Waals surface area contributed by atoms with E-state index in [2.05, 4.69) is 5.32 Å². The number of anilines is 1. The van der Waals surface area contributed by atoms with Crippen LogP contribution in [0.15, 0.2) is 66.7 Å². The summed E-state index contributed by atoms with van der Waals surface area (Å²) in [6, 6.07) is 20.1. The Bertz CT molecular complexity index is 943. The zero-order chi connectivity index (χ0) is 19.9. The van der Waals surface area contributed by atoms with E-state index in [1.54, 1.807) is 31.4 Å². The average molecular weight is 398 g/mol. The lowest BCUT2D eigenvalue weighted by Gasteiger charge is -2.15. The second kappa shape index (κ2) is 9.15. The van der Waals surface area contributed by atoms with Gasteiger partial charge in [0.1, 0.15) is 6.61 Å². The van der Waals surface area contributed by atoms with Crippen LogP contribution in [-0.4, -0.2) is 18.2 Å². The Kier molecular flexibility index (Phi) is 6.40. The molecule has 5 nitrogen and oxygen atoms in total. The van der Waals surface area contributed by atoms with E-state index in [1.165, 1.54) is 0 Å². The summed E-state index contributed by atoms with van der Waals surface area (Å²) in [5, 5.41) is 12.7. The molecule has 0 heterocycles. The smallest absolute Gasteiger partial charge is 0.335 e. The van der Waals surface area contributed by atoms with Crippen LogP contribution in [0, 0.1) is 0 Å². The Morgan fingerprint density at radius 2 is 1.75 bits per heavy atom. The zero-order valence-corrected chi connectivity index (χ0v) is 16.1. The van der Waals surface area contributed by atoms with Crippen LogP contribution < -0.4 is 14.8 Å². The minimum Gasteiger partial charge on any atom is -0.493 e. The van der Waals surface area contributed by atoms with E-state index in [1.807, 2.05) is 42.5 Å². The lowest BCUT2D eigenvalue weighted by atomic mass is 10.1. The molecule has 0 amide bonds. The van der Waals surface area contributed by atoms with Crippen molar-refractivity contribution in [3.63, 3.8) is 0 Å². The number of benzene rings is 3. The van der Waals surface area contributed by atoms with Gasteiger partial charge in [0.2, 0.25) is 0 Å². The normalized spacial score (nSPS) is 10.4. The van der Waals surface area contributed by atoms with Gasteiger partial charge in [0.05, 0.1) is 17.7 Å². The van der Waals surface area contributed by atoms with Crippen LogP contribution in [0.5, 0.6) is 11.5 Å². The first-order chi connectivity index (χ1) is 13.6. The fourth-order valence-electron chi connectivity index (χ4n) is 2.68. The molecule has 144 valence electrons. The highest BCUT2D eigenvalue weighted by molar-refractivity contribution is 6.32. The first-order valence-electron chi connectivity index (χ1n) is 8.67. The molecular formula is C22H20ClNO4. The highest BCUT2D eigenvalue weighted by Crippen LogP contribution is 2.37. The molecule has 0 saturated carbocycles. The second-order valence-electron chi connectivity index (χ2n) is 6.12. The van der Waals surface area contributed by atoms with E-state index in [0.29, 0.717) is 29.7 Å². The van der Waals surface area contributed by atoms with Crippen molar-refractivity contribution in [1.82, 2.24) is 0 Å². The van der Waals surface area contributed by atoms with E-state index < -0.39 is 5.97 Å². The van der Waals surface area contributed by atoms with Gasteiger partial charge in [-0.1, -0.05) is 41.9 Å². The van der Waals surface area contributed by atoms with Gasteiger partial charge in [-0.15, -0.1) is 0 Å². The first-order valence-corrected chi connectivity index (χ1v) is 9.05. The SMILES string of the molecule is COc1cc(CNc2ccc(C(=O)O)cc2)cc(Cl)c1OCc1ccccc1. The van der Waals surface area contributed by atoms with Crippen LogP contribution in [0.2, 0.25) is 5.02 Å². The van der Waals surface area contributed by atoms with Crippen molar-refractivity contribution in [2.75, 3.05) is 12.4 Å². The number of carboxylic acids is 1. The number of hydrogen-bond donors (Lipinski definition) is 2. The maximum Gasteiger partial charge on any atom is 0.335 e. The van der Waals surface area contributed by atoms with Gasteiger partial charge in [-0.3, -0.25) is 0 Å². The molecule has 6 heteroatoms. The van der Waals surface area contributed by atoms with Crippen molar-refractivity contribution >= 4 is 23.3 Å². The van der Waals surface area contributed by atoms with E-state index in [0.717, 1.165) is 16.8 Å². The third kappa shape index (κ3) is 4.96. The predicted octanol–water partition coefficient (Wildman–Crippen LogP) is 5.24. The number of aromatic carboxylic acids is 1. The monoisotopic (exact) mass is 397 g/mol. The van der Waals surface area contributed by atoms with Crippen LogP contribution in [0.1, 0.15) is 21.5 Å². The van der Waals surface area contributed by atoms with Gasteiger partial charge in [-0.2, -0.15) is 0 Å². The molecule has 0 aliphatic heterocycles. The van der Waals surface area contributed by atoms with Crippen molar-refractivity contribution in [3.05, 3.63) is 88.4 Å². The van der Waals surface area contributed by atoms with Crippen LogP contribution >= 0.6 is 11.6 Å². The van der Waals surface area contributed by atoms with Crippen LogP contribution in [0.4, 0.5) is 5.69 Å². The molecule has 0 bridgehead atoms. The van der Waals surface area contributed by atoms with Crippen LogP contribution in [-0.2, 0) is 13.2 Å². The van der Waals surface area contributed by atoms with E-state index in [-0.39, 0.29) is 5.56 Å². The van der Waals surface area contributed by atoms with Crippen LogP contribution in [0.25, 0.3) is 0 Å². The third-order valence-electron chi connectivity index (χ3n) is 4.14.